The fourth-order valence-electron chi connectivity index (χ4n) is 2.09. The van der Waals surface area contributed by atoms with Crippen LogP contribution in [0.25, 0.3) is 0 Å². The molecule has 0 bridgehead atoms. The Kier molecular flexibility index (Phi) is 6.56. The van der Waals surface area contributed by atoms with Crippen LogP contribution in [-0.4, -0.2) is 32.2 Å². The summed E-state index contributed by atoms with van der Waals surface area (Å²) in [7, 11) is -2.77. The summed E-state index contributed by atoms with van der Waals surface area (Å²) in [6.45, 7) is -0.581. The number of anilines is 1. The van der Waals surface area contributed by atoms with Gasteiger partial charge < -0.3 is 5.32 Å². The minimum atomic E-state index is -4.60. The van der Waals surface area contributed by atoms with Gasteiger partial charge in [0.25, 0.3) is 0 Å². The number of carbonyl (C=O) groups excluding carboxylic acids is 1. The molecule has 0 atom stereocenters. The van der Waals surface area contributed by atoms with Gasteiger partial charge >= 0.3 is 6.18 Å². The Morgan fingerprint density at radius 1 is 1.19 bits per heavy atom. The molecular formula is C16H13BrClF3N2O3S. The van der Waals surface area contributed by atoms with E-state index in [0.29, 0.717) is 5.02 Å². The lowest BCUT2D eigenvalue weighted by atomic mass is 10.2. The van der Waals surface area contributed by atoms with Gasteiger partial charge in [-0.25, -0.2) is 8.42 Å². The van der Waals surface area contributed by atoms with Crippen molar-refractivity contribution in [2.24, 2.45) is 0 Å². The van der Waals surface area contributed by atoms with E-state index in [1.54, 1.807) is 0 Å². The van der Waals surface area contributed by atoms with Crippen LogP contribution in [-0.2, 0) is 21.0 Å². The Bertz CT molecular complexity index is 950. The molecule has 5 nitrogen and oxygen atoms in total. The molecule has 0 aliphatic rings. The van der Waals surface area contributed by atoms with Crippen LogP contribution in [0, 0.1) is 0 Å². The third-order valence-electron chi connectivity index (χ3n) is 3.44. The average molecular weight is 486 g/mol. The van der Waals surface area contributed by atoms with Gasteiger partial charge in [0.2, 0.25) is 15.9 Å². The summed E-state index contributed by atoms with van der Waals surface area (Å²) in [5, 5.41) is 2.61. The smallest absolute Gasteiger partial charge is 0.325 e. The van der Waals surface area contributed by atoms with Crippen LogP contribution >= 0.6 is 27.5 Å². The molecular weight excluding hydrogens is 473 g/mol. The zero-order valence-electron chi connectivity index (χ0n) is 13.7. The normalized spacial score (nSPS) is 12.3. The van der Waals surface area contributed by atoms with Gasteiger partial charge in [-0.05, 0) is 42.5 Å². The molecule has 0 aliphatic carbocycles. The van der Waals surface area contributed by atoms with Crippen molar-refractivity contribution in [3.63, 3.8) is 0 Å². The molecule has 0 aliphatic heterocycles. The molecule has 2 rings (SSSR count). The van der Waals surface area contributed by atoms with Gasteiger partial charge in [-0.1, -0.05) is 27.5 Å². The van der Waals surface area contributed by atoms with Crippen LogP contribution in [0.3, 0.4) is 0 Å². The summed E-state index contributed by atoms with van der Waals surface area (Å²) >= 11 is 8.52. The second kappa shape index (κ2) is 8.17. The summed E-state index contributed by atoms with van der Waals surface area (Å²) in [5.41, 5.74) is -1.06. The number of benzene rings is 2. The molecule has 146 valence electrons. The molecule has 0 radical (unpaired) electrons. The fraction of sp³-hybridized carbons (Fsp3) is 0.188. The SMILES string of the molecule is CN(CC(=O)Nc1ccc(Br)c(C(F)(F)F)c1)S(=O)(=O)c1ccc(Cl)cc1. The number of nitrogens with one attached hydrogen (secondary N) is 1. The first kappa shape index (κ1) is 21.7. The van der Waals surface area contributed by atoms with E-state index in [0.717, 1.165) is 16.4 Å². The third kappa shape index (κ3) is 5.44. The first-order chi connectivity index (χ1) is 12.4. The van der Waals surface area contributed by atoms with Crippen LogP contribution in [0.15, 0.2) is 51.8 Å². The number of likely N-dealkylation sites (N-methyl/N-ethyl adjacent to an activating group) is 1. The predicted molar refractivity (Wildman–Crippen MR) is 99.0 cm³/mol. The Labute approximate surface area is 167 Å². The number of hydrogen-bond donors (Lipinski definition) is 1. The number of hydrogen-bond acceptors (Lipinski definition) is 3. The predicted octanol–water partition coefficient (Wildman–Crippen LogP) is 4.38. The first-order valence-corrected chi connectivity index (χ1v) is 9.91. The maximum Gasteiger partial charge on any atom is 0.417 e. The van der Waals surface area contributed by atoms with E-state index in [9.17, 15) is 26.4 Å². The van der Waals surface area contributed by atoms with E-state index in [1.165, 1.54) is 37.4 Å². The molecule has 1 N–H and O–H groups in total. The Morgan fingerprint density at radius 2 is 1.78 bits per heavy atom. The summed E-state index contributed by atoms with van der Waals surface area (Å²) in [4.78, 5) is 12.0. The topological polar surface area (TPSA) is 66.5 Å². The van der Waals surface area contributed by atoms with Gasteiger partial charge in [0.05, 0.1) is 17.0 Å². The van der Waals surface area contributed by atoms with Crippen molar-refractivity contribution in [2.75, 3.05) is 18.9 Å². The average Bonchev–Trinajstić information content (AvgIpc) is 2.55. The molecule has 2 aromatic carbocycles. The zero-order chi connectivity index (χ0) is 20.4. The second-order valence-corrected chi connectivity index (χ2v) is 8.79. The highest BCUT2D eigenvalue weighted by atomic mass is 79.9. The Balaban J connectivity index is 2.12. The van der Waals surface area contributed by atoms with Crippen LogP contribution in [0.5, 0.6) is 0 Å². The first-order valence-electron chi connectivity index (χ1n) is 7.30. The number of sulfonamides is 1. The molecule has 0 fully saturated rings. The van der Waals surface area contributed by atoms with Crippen molar-refractivity contribution in [3.05, 3.63) is 57.5 Å². The van der Waals surface area contributed by atoms with Gasteiger partial charge in [0.15, 0.2) is 0 Å². The van der Waals surface area contributed by atoms with Gasteiger partial charge in [-0.15, -0.1) is 0 Å². The van der Waals surface area contributed by atoms with E-state index in [4.69, 9.17) is 11.6 Å². The van der Waals surface area contributed by atoms with Gasteiger partial charge in [-0.2, -0.15) is 17.5 Å². The molecule has 2 aromatic rings. The van der Waals surface area contributed by atoms with Crippen LogP contribution in [0.1, 0.15) is 5.56 Å². The van der Waals surface area contributed by atoms with Gasteiger partial charge in [0, 0.05) is 22.2 Å². The largest absolute Gasteiger partial charge is 0.417 e. The molecule has 11 heteroatoms. The molecule has 0 aromatic heterocycles. The lowest BCUT2D eigenvalue weighted by Crippen LogP contribution is -2.35. The number of amides is 1. The highest BCUT2D eigenvalue weighted by Crippen LogP contribution is 2.36. The lowest BCUT2D eigenvalue weighted by molar-refractivity contribution is -0.138. The molecule has 0 saturated heterocycles. The number of rotatable bonds is 5. The van der Waals surface area contributed by atoms with Crippen molar-refractivity contribution in [3.8, 4) is 0 Å². The van der Waals surface area contributed by atoms with E-state index in [-0.39, 0.29) is 15.1 Å². The highest BCUT2D eigenvalue weighted by Gasteiger charge is 2.33. The van der Waals surface area contributed by atoms with E-state index in [2.05, 4.69) is 21.2 Å². The van der Waals surface area contributed by atoms with Crippen molar-refractivity contribution in [1.82, 2.24) is 4.31 Å². The summed E-state index contributed by atoms with van der Waals surface area (Å²) in [6.07, 6.45) is -4.60. The molecule has 0 unspecified atom stereocenters. The second-order valence-electron chi connectivity index (χ2n) is 5.46. The number of carbonyl (C=O) groups is 1. The minimum Gasteiger partial charge on any atom is -0.325 e. The molecule has 0 heterocycles. The molecule has 0 saturated carbocycles. The maximum atomic E-state index is 12.9. The van der Waals surface area contributed by atoms with Crippen molar-refractivity contribution in [1.29, 1.82) is 0 Å². The summed E-state index contributed by atoms with van der Waals surface area (Å²) < 4.78 is 64.2. The number of halogens is 5. The molecule has 27 heavy (non-hydrogen) atoms. The molecule has 1 amide bonds. The van der Waals surface area contributed by atoms with E-state index in [1.807, 2.05) is 0 Å². The number of nitrogens with zero attached hydrogens (tertiary/aromatic N) is 1. The Hall–Kier alpha value is -1.62. The van der Waals surface area contributed by atoms with Crippen LogP contribution < -0.4 is 5.32 Å². The van der Waals surface area contributed by atoms with Crippen molar-refractivity contribution < 1.29 is 26.4 Å². The van der Waals surface area contributed by atoms with Crippen molar-refractivity contribution >= 4 is 49.1 Å². The van der Waals surface area contributed by atoms with E-state index < -0.39 is 34.2 Å². The summed E-state index contributed by atoms with van der Waals surface area (Å²) in [5.74, 6) is -0.787. The Morgan fingerprint density at radius 3 is 2.33 bits per heavy atom. The molecule has 0 spiro atoms. The van der Waals surface area contributed by atoms with Crippen molar-refractivity contribution in [2.45, 2.75) is 11.1 Å². The standard InChI is InChI=1S/C16H13BrClF3N2O3S/c1-23(27(25,26)12-5-2-10(18)3-6-12)9-15(24)22-11-4-7-14(17)13(8-11)16(19,20)21/h2-8H,9H2,1H3,(H,22,24). The lowest BCUT2D eigenvalue weighted by Gasteiger charge is -2.17. The van der Waals surface area contributed by atoms with Crippen LogP contribution in [0.2, 0.25) is 5.02 Å². The van der Waals surface area contributed by atoms with Gasteiger partial charge in [0.1, 0.15) is 0 Å². The highest BCUT2D eigenvalue weighted by molar-refractivity contribution is 9.10. The fourth-order valence-corrected chi connectivity index (χ4v) is 3.82. The van der Waals surface area contributed by atoms with E-state index >= 15 is 0 Å². The minimum absolute atomic E-state index is 0.0646. The zero-order valence-corrected chi connectivity index (χ0v) is 16.9. The van der Waals surface area contributed by atoms with Gasteiger partial charge in [-0.3, -0.25) is 4.79 Å². The summed E-state index contributed by atoms with van der Waals surface area (Å²) in [6, 6.07) is 8.53. The third-order valence-corrected chi connectivity index (χ3v) is 6.20. The maximum absolute atomic E-state index is 12.9. The monoisotopic (exact) mass is 484 g/mol. The van der Waals surface area contributed by atoms with Crippen LogP contribution in [0.4, 0.5) is 18.9 Å². The quantitative estimate of drug-likeness (QED) is 0.683. The number of alkyl halides is 3.